The highest BCUT2D eigenvalue weighted by molar-refractivity contribution is 5.17. The maximum atomic E-state index is 6.22. The molecule has 106 valence electrons. The van der Waals surface area contributed by atoms with E-state index in [4.69, 9.17) is 5.73 Å². The van der Waals surface area contributed by atoms with Crippen molar-refractivity contribution in [2.45, 2.75) is 32.5 Å². The zero-order chi connectivity index (χ0) is 14.4. The molecular formula is C16H22N4. The monoisotopic (exact) mass is 270 g/mol. The van der Waals surface area contributed by atoms with Gasteiger partial charge < -0.3 is 5.73 Å². The molecule has 0 aliphatic heterocycles. The van der Waals surface area contributed by atoms with Crippen LogP contribution in [0.3, 0.4) is 0 Å². The van der Waals surface area contributed by atoms with Crippen molar-refractivity contribution in [3.63, 3.8) is 0 Å². The number of likely N-dealkylation sites (N-methyl/N-ethyl adjacent to an activating group) is 1. The van der Waals surface area contributed by atoms with Crippen LogP contribution >= 0.6 is 0 Å². The molecule has 2 aromatic heterocycles. The van der Waals surface area contributed by atoms with Crippen LogP contribution in [0.4, 0.5) is 0 Å². The maximum Gasteiger partial charge on any atom is 0.0515 e. The van der Waals surface area contributed by atoms with Gasteiger partial charge >= 0.3 is 0 Å². The van der Waals surface area contributed by atoms with Gasteiger partial charge in [0.2, 0.25) is 0 Å². The molecule has 2 rings (SSSR count). The van der Waals surface area contributed by atoms with Gasteiger partial charge in [-0.2, -0.15) is 0 Å². The first-order valence-corrected chi connectivity index (χ1v) is 7.00. The lowest BCUT2D eigenvalue weighted by molar-refractivity contribution is 0.176. The Morgan fingerprint density at radius 2 is 1.90 bits per heavy atom. The lowest BCUT2D eigenvalue weighted by Crippen LogP contribution is -2.39. The first-order valence-electron chi connectivity index (χ1n) is 7.00. The molecule has 2 atom stereocenters. The Bertz CT molecular complexity index is 498. The van der Waals surface area contributed by atoms with Crippen molar-refractivity contribution in [3.05, 3.63) is 60.2 Å². The molecule has 2 N–H and O–H groups in total. The van der Waals surface area contributed by atoms with Gasteiger partial charge in [0.05, 0.1) is 6.04 Å². The fraction of sp³-hybridized carbons (Fsp3) is 0.375. The molecule has 2 unspecified atom stereocenters. The van der Waals surface area contributed by atoms with Crippen LogP contribution in [-0.2, 0) is 6.54 Å². The third-order valence-electron chi connectivity index (χ3n) is 3.46. The van der Waals surface area contributed by atoms with Gasteiger partial charge in [0.15, 0.2) is 0 Å². The van der Waals surface area contributed by atoms with E-state index >= 15 is 0 Å². The summed E-state index contributed by atoms with van der Waals surface area (Å²) in [6.07, 6.45) is 7.35. The van der Waals surface area contributed by atoms with Crippen LogP contribution in [0.15, 0.2) is 49.1 Å². The molecule has 0 aromatic carbocycles. The molecule has 2 aromatic rings. The lowest BCUT2D eigenvalue weighted by atomic mass is 10.00. The Hall–Kier alpha value is -1.78. The van der Waals surface area contributed by atoms with Crippen LogP contribution in [0.1, 0.15) is 31.0 Å². The second-order valence-corrected chi connectivity index (χ2v) is 5.01. The van der Waals surface area contributed by atoms with E-state index in [1.165, 1.54) is 11.1 Å². The molecule has 0 fully saturated rings. The van der Waals surface area contributed by atoms with Crippen molar-refractivity contribution >= 4 is 0 Å². The van der Waals surface area contributed by atoms with Gasteiger partial charge in [0.1, 0.15) is 0 Å². The van der Waals surface area contributed by atoms with Crippen molar-refractivity contribution in [1.29, 1.82) is 0 Å². The van der Waals surface area contributed by atoms with E-state index < -0.39 is 0 Å². The molecule has 0 spiro atoms. The molecule has 0 radical (unpaired) electrons. The Morgan fingerprint density at radius 3 is 2.45 bits per heavy atom. The van der Waals surface area contributed by atoms with E-state index in [1.807, 2.05) is 43.7 Å². The number of rotatable bonds is 6. The third-order valence-corrected chi connectivity index (χ3v) is 3.46. The molecule has 0 saturated heterocycles. The maximum absolute atomic E-state index is 6.22. The number of aromatic nitrogens is 2. The number of hydrogen-bond donors (Lipinski definition) is 1. The molecule has 20 heavy (non-hydrogen) atoms. The van der Waals surface area contributed by atoms with Crippen LogP contribution in [0.5, 0.6) is 0 Å². The van der Waals surface area contributed by atoms with Crippen LogP contribution in [-0.4, -0.2) is 27.5 Å². The fourth-order valence-corrected chi connectivity index (χ4v) is 2.53. The van der Waals surface area contributed by atoms with Crippen LogP contribution in [0.2, 0.25) is 0 Å². The van der Waals surface area contributed by atoms with Gasteiger partial charge in [-0.1, -0.05) is 13.0 Å². The van der Waals surface area contributed by atoms with E-state index in [9.17, 15) is 0 Å². The van der Waals surface area contributed by atoms with Crippen molar-refractivity contribution < 1.29 is 0 Å². The van der Waals surface area contributed by atoms with Crippen molar-refractivity contribution in [2.24, 2.45) is 5.73 Å². The zero-order valence-corrected chi connectivity index (χ0v) is 12.1. The normalized spacial score (nSPS) is 14.2. The largest absolute Gasteiger partial charge is 0.326 e. The number of pyridine rings is 2. The molecule has 2 heterocycles. The first kappa shape index (κ1) is 14.6. The number of nitrogens with two attached hydrogens (primary N) is 1. The smallest absolute Gasteiger partial charge is 0.0515 e. The minimum absolute atomic E-state index is 0.0426. The van der Waals surface area contributed by atoms with E-state index in [0.29, 0.717) is 0 Å². The van der Waals surface area contributed by atoms with Gasteiger partial charge in [0, 0.05) is 37.4 Å². The fourth-order valence-electron chi connectivity index (χ4n) is 2.53. The number of nitrogens with zero attached hydrogens (tertiary/aromatic N) is 3. The summed E-state index contributed by atoms with van der Waals surface area (Å²) in [5.41, 5.74) is 8.63. The SMILES string of the molecule is CCN(Cc1ccncc1)C(c1cccnc1)C(C)N. The van der Waals surface area contributed by atoms with Crippen molar-refractivity contribution in [3.8, 4) is 0 Å². The summed E-state index contributed by atoms with van der Waals surface area (Å²) < 4.78 is 0. The molecule has 0 amide bonds. The van der Waals surface area contributed by atoms with Crippen molar-refractivity contribution in [1.82, 2.24) is 14.9 Å². The van der Waals surface area contributed by atoms with Gasteiger partial charge in [-0.05, 0) is 42.8 Å². The standard InChI is InChI=1S/C16H22N4/c1-3-20(12-14-6-9-18-10-7-14)16(13(2)17)15-5-4-8-19-11-15/h4-11,13,16H,3,12,17H2,1-2H3. The minimum atomic E-state index is 0.0426. The molecule has 4 heteroatoms. The Labute approximate surface area is 120 Å². The average Bonchev–Trinajstić information content (AvgIpc) is 2.48. The second kappa shape index (κ2) is 7.12. The van der Waals surface area contributed by atoms with E-state index in [0.717, 1.165) is 13.1 Å². The molecule has 4 nitrogen and oxygen atoms in total. The molecular weight excluding hydrogens is 248 g/mol. The van der Waals surface area contributed by atoms with Gasteiger partial charge in [-0.25, -0.2) is 0 Å². The molecule has 0 aliphatic carbocycles. The Kier molecular flexibility index (Phi) is 5.21. The van der Waals surface area contributed by atoms with Crippen LogP contribution < -0.4 is 5.73 Å². The van der Waals surface area contributed by atoms with Gasteiger partial charge in [-0.15, -0.1) is 0 Å². The first-order chi connectivity index (χ1) is 9.72. The summed E-state index contributed by atoms with van der Waals surface area (Å²) in [7, 11) is 0. The summed E-state index contributed by atoms with van der Waals surface area (Å²) in [6, 6.07) is 8.36. The second-order valence-electron chi connectivity index (χ2n) is 5.01. The summed E-state index contributed by atoms with van der Waals surface area (Å²) in [4.78, 5) is 10.7. The van der Waals surface area contributed by atoms with E-state index in [-0.39, 0.29) is 12.1 Å². The summed E-state index contributed by atoms with van der Waals surface area (Å²) in [5, 5.41) is 0. The Morgan fingerprint density at radius 1 is 1.15 bits per heavy atom. The highest BCUT2D eigenvalue weighted by Gasteiger charge is 2.23. The van der Waals surface area contributed by atoms with Crippen molar-refractivity contribution in [2.75, 3.05) is 6.54 Å². The van der Waals surface area contributed by atoms with E-state index in [1.54, 1.807) is 6.20 Å². The Balaban J connectivity index is 2.22. The lowest BCUT2D eigenvalue weighted by Gasteiger charge is -2.33. The topological polar surface area (TPSA) is 55.0 Å². The van der Waals surface area contributed by atoms with Crippen LogP contribution in [0.25, 0.3) is 0 Å². The molecule has 0 bridgehead atoms. The summed E-state index contributed by atoms with van der Waals surface area (Å²) in [5.74, 6) is 0. The highest BCUT2D eigenvalue weighted by atomic mass is 15.2. The minimum Gasteiger partial charge on any atom is -0.326 e. The molecule has 0 aliphatic rings. The predicted molar refractivity (Wildman–Crippen MR) is 80.9 cm³/mol. The third kappa shape index (κ3) is 3.62. The highest BCUT2D eigenvalue weighted by Crippen LogP contribution is 2.24. The zero-order valence-electron chi connectivity index (χ0n) is 12.1. The quantitative estimate of drug-likeness (QED) is 0.875. The van der Waals surface area contributed by atoms with E-state index in [2.05, 4.69) is 27.9 Å². The summed E-state index contributed by atoms with van der Waals surface area (Å²) >= 11 is 0. The average molecular weight is 270 g/mol. The van der Waals surface area contributed by atoms with Gasteiger partial charge in [0.25, 0.3) is 0 Å². The van der Waals surface area contributed by atoms with Crippen LogP contribution in [0, 0.1) is 0 Å². The predicted octanol–water partition coefficient (Wildman–Crippen LogP) is 2.39. The number of hydrogen-bond acceptors (Lipinski definition) is 4. The van der Waals surface area contributed by atoms with Gasteiger partial charge in [-0.3, -0.25) is 14.9 Å². The summed E-state index contributed by atoms with van der Waals surface area (Å²) in [6.45, 7) is 6.00. The molecule has 0 saturated carbocycles.